The minimum atomic E-state index is -3.48. The molecule has 0 spiro atoms. The highest BCUT2D eigenvalue weighted by Gasteiger charge is 2.29. The largest absolute Gasteiger partial charge is 0.392 e. The molecule has 1 N–H and O–H groups in total. The van der Waals surface area contributed by atoms with E-state index in [9.17, 15) is 13.5 Å². The highest BCUT2D eigenvalue weighted by Crippen LogP contribution is 2.24. The van der Waals surface area contributed by atoms with Crippen LogP contribution in [0, 0.1) is 0 Å². The zero-order chi connectivity index (χ0) is 15.5. The van der Waals surface area contributed by atoms with Crippen molar-refractivity contribution in [3.05, 3.63) is 29.3 Å². The third-order valence-electron chi connectivity index (χ3n) is 4.10. The second-order valence-corrected chi connectivity index (χ2v) is 7.22. The Bertz CT molecular complexity index is 577. The Labute approximate surface area is 126 Å². The first-order chi connectivity index (χ1) is 10.0. The van der Waals surface area contributed by atoms with E-state index in [4.69, 9.17) is 4.74 Å². The molecule has 0 bridgehead atoms. The molecule has 1 aliphatic rings. The molecule has 0 unspecified atom stereocenters. The third kappa shape index (κ3) is 3.45. The Kier molecular flexibility index (Phi) is 5.37. The standard InChI is InChI=1S/C15H23NO4S/c1-3-12-4-5-15(10-13(12)11-17)21(18,19)16-8-6-14(20-2)7-9-16/h4-5,10,14,17H,3,6-9,11H2,1-2H3. The van der Waals surface area contributed by atoms with Gasteiger partial charge in [0, 0.05) is 20.2 Å². The average Bonchev–Trinajstić information content (AvgIpc) is 2.54. The Morgan fingerprint density at radius 2 is 1.95 bits per heavy atom. The number of aryl methyl sites for hydroxylation is 1. The summed E-state index contributed by atoms with van der Waals surface area (Å²) in [5.74, 6) is 0. The van der Waals surface area contributed by atoms with E-state index in [0.717, 1.165) is 24.8 Å². The summed E-state index contributed by atoms with van der Waals surface area (Å²) in [6.45, 7) is 2.80. The van der Waals surface area contributed by atoms with E-state index < -0.39 is 10.0 Å². The first kappa shape index (κ1) is 16.4. The van der Waals surface area contributed by atoms with Crippen molar-refractivity contribution >= 4 is 10.0 Å². The van der Waals surface area contributed by atoms with Crippen LogP contribution in [0.25, 0.3) is 0 Å². The summed E-state index contributed by atoms with van der Waals surface area (Å²) < 4.78 is 32.1. The minimum Gasteiger partial charge on any atom is -0.392 e. The van der Waals surface area contributed by atoms with Crippen molar-refractivity contribution in [1.29, 1.82) is 0 Å². The number of rotatable bonds is 5. The van der Waals surface area contributed by atoms with Gasteiger partial charge in [-0.1, -0.05) is 13.0 Å². The van der Waals surface area contributed by atoms with Gasteiger partial charge in [-0.25, -0.2) is 8.42 Å². The van der Waals surface area contributed by atoms with Gasteiger partial charge in [0.25, 0.3) is 0 Å². The van der Waals surface area contributed by atoms with Crippen LogP contribution >= 0.6 is 0 Å². The van der Waals surface area contributed by atoms with Crippen LogP contribution in [0.5, 0.6) is 0 Å². The number of hydrogen-bond donors (Lipinski definition) is 1. The molecule has 2 rings (SSSR count). The molecule has 5 nitrogen and oxygen atoms in total. The molecule has 118 valence electrons. The van der Waals surface area contributed by atoms with Crippen molar-refractivity contribution in [3.63, 3.8) is 0 Å². The molecule has 0 atom stereocenters. The molecule has 1 saturated heterocycles. The second kappa shape index (κ2) is 6.87. The molecule has 6 heteroatoms. The Morgan fingerprint density at radius 3 is 2.48 bits per heavy atom. The molecule has 0 aliphatic carbocycles. The number of aliphatic hydroxyl groups excluding tert-OH is 1. The number of sulfonamides is 1. The molecule has 1 aromatic carbocycles. The zero-order valence-corrected chi connectivity index (χ0v) is 13.4. The summed E-state index contributed by atoms with van der Waals surface area (Å²) in [5, 5.41) is 9.39. The summed E-state index contributed by atoms with van der Waals surface area (Å²) in [5.41, 5.74) is 1.67. The SMILES string of the molecule is CCc1ccc(S(=O)(=O)N2CCC(OC)CC2)cc1CO. The van der Waals surface area contributed by atoms with Crippen LogP contribution in [-0.4, -0.2) is 44.1 Å². The van der Waals surface area contributed by atoms with Crippen molar-refractivity contribution in [2.45, 2.75) is 43.8 Å². The number of nitrogens with zero attached hydrogens (tertiary/aromatic N) is 1. The summed E-state index contributed by atoms with van der Waals surface area (Å²) in [7, 11) is -1.83. The van der Waals surface area contributed by atoms with Crippen molar-refractivity contribution in [3.8, 4) is 0 Å². The minimum absolute atomic E-state index is 0.141. The smallest absolute Gasteiger partial charge is 0.243 e. The highest BCUT2D eigenvalue weighted by molar-refractivity contribution is 7.89. The van der Waals surface area contributed by atoms with Crippen LogP contribution in [0.2, 0.25) is 0 Å². The number of methoxy groups -OCH3 is 1. The van der Waals surface area contributed by atoms with Crippen molar-refractivity contribution in [2.24, 2.45) is 0 Å². The molecule has 0 amide bonds. The number of ether oxygens (including phenoxy) is 1. The van der Waals surface area contributed by atoms with E-state index >= 15 is 0 Å². The Hall–Kier alpha value is -0.950. The van der Waals surface area contributed by atoms with Crippen LogP contribution in [0.1, 0.15) is 30.9 Å². The lowest BCUT2D eigenvalue weighted by Gasteiger charge is -2.30. The molecule has 1 fully saturated rings. The lowest BCUT2D eigenvalue weighted by molar-refractivity contribution is 0.0604. The first-order valence-corrected chi connectivity index (χ1v) is 8.72. The van der Waals surface area contributed by atoms with Crippen LogP contribution in [-0.2, 0) is 27.8 Å². The van der Waals surface area contributed by atoms with Crippen LogP contribution in [0.4, 0.5) is 0 Å². The van der Waals surface area contributed by atoms with Gasteiger partial charge in [-0.2, -0.15) is 4.31 Å². The van der Waals surface area contributed by atoms with E-state index in [0.29, 0.717) is 18.7 Å². The fourth-order valence-corrected chi connectivity index (χ4v) is 4.23. The zero-order valence-electron chi connectivity index (χ0n) is 12.6. The van der Waals surface area contributed by atoms with E-state index in [-0.39, 0.29) is 17.6 Å². The van der Waals surface area contributed by atoms with E-state index in [1.54, 1.807) is 25.3 Å². The van der Waals surface area contributed by atoms with Gasteiger partial charge < -0.3 is 9.84 Å². The van der Waals surface area contributed by atoms with Crippen molar-refractivity contribution < 1.29 is 18.3 Å². The van der Waals surface area contributed by atoms with Gasteiger partial charge in [0.15, 0.2) is 0 Å². The molecule has 0 radical (unpaired) electrons. The predicted molar refractivity (Wildman–Crippen MR) is 80.5 cm³/mol. The third-order valence-corrected chi connectivity index (χ3v) is 6.00. The number of aliphatic hydroxyl groups is 1. The maximum absolute atomic E-state index is 12.7. The van der Waals surface area contributed by atoms with Gasteiger partial charge in [-0.05, 0) is 42.5 Å². The van der Waals surface area contributed by atoms with Gasteiger partial charge in [-0.15, -0.1) is 0 Å². The monoisotopic (exact) mass is 313 g/mol. The maximum Gasteiger partial charge on any atom is 0.243 e. The van der Waals surface area contributed by atoms with Gasteiger partial charge >= 0.3 is 0 Å². The number of hydrogen-bond acceptors (Lipinski definition) is 4. The molecule has 1 aliphatic heterocycles. The molecular weight excluding hydrogens is 290 g/mol. The molecule has 1 aromatic rings. The van der Waals surface area contributed by atoms with Gasteiger partial charge in [0.1, 0.15) is 0 Å². The summed E-state index contributed by atoms with van der Waals surface area (Å²) in [4.78, 5) is 0.264. The maximum atomic E-state index is 12.7. The first-order valence-electron chi connectivity index (χ1n) is 7.28. The van der Waals surface area contributed by atoms with Crippen molar-refractivity contribution in [2.75, 3.05) is 20.2 Å². The van der Waals surface area contributed by atoms with Crippen LogP contribution in [0.3, 0.4) is 0 Å². The van der Waals surface area contributed by atoms with E-state index in [2.05, 4.69) is 0 Å². The van der Waals surface area contributed by atoms with Gasteiger partial charge in [-0.3, -0.25) is 0 Å². The average molecular weight is 313 g/mol. The molecular formula is C15H23NO4S. The molecule has 0 saturated carbocycles. The van der Waals surface area contributed by atoms with Crippen LogP contribution in [0.15, 0.2) is 23.1 Å². The normalized spacial score (nSPS) is 18.0. The summed E-state index contributed by atoms with van der Waals surface area (Å²) >= 11 is 0. The molecule has 0 aromatic heterocycles. The lowest BCUT2D eigenvalue weighted by Crippen LogP contribution is -2.40. The van der Waals surface area contributed by atoms with E-state index in [1.807, 2.05) is 6.92 Å². The number of benzene rings is 1. The highest BCUT2D eigenvalue weighted by atomic mass is 32.2. The number of piperidine rings is 1. The Balaban J connectivity index is 2.24. The van der Waals surface area contributed by atoms with E-state index in [1.165, 1.54) is 4.31 Å². The summed E-state index contributed by atoms with van der Waals surface area (Å²) in [6, 6.07) is 5.02. The van der Waals surface area contributed by atoms with Crippen molar-refractivity contribution in [1.82, 2.24) is 4.31 Å². The second-order valence-electron chi connectivity index (χ2n) is 5.28. The Morgan fingerprint density at radius 1 is 1.29 bits per heavy atom. The topological polar surface area (TPSA) is 66.8 Å². The predicted octanol–water partition coefficient (Wildman–Crippen LogP) is 1.54. The fraction of sp³-hybridized carbons (Fsp3) is 0.600. The van der Waals surface area contributed by atoms with Crippen LogP contribution < -0.4 is 0 Å². The lowest BCUT2D eigenvalue weighted by atomic mass is 10.1. The molecule has 21 heavy (non-hydrogen) atoms. The molecule has 1 heterocycles. The van der Waals surface area contributed by atoms with Gasteiger partial charge in [0.2, 0.25) is 10.0 Å². The quantitative estimate of drug-likeness (QED) is 0.895. The van der Waals surface area contributed by atoms with Gasteiger partial charge in [0.05, 0.1) is 17.6 Å². The fourth-order valence-electron chi connectivity index (χ4n) is 2.71. The summed E-state index contributed by atoms with van der Waals surface area (Å²) in [6.07, 6.45) is 2.35.